The molecule has 1 atom stereocenters. The summed E-state index contributed by atoms with van der Waals surface area (Å²) < 4.78 is 31.0. The smallest absolute Gasteiger partial charge is 0.387 e. The largest absolute Gasteiger partial charge is 0.435 e. The maximum Gasteiger partial charge on any atom is 0.387 e. The molecule has 1 heterocycles. The Morgan fingerprint density at radius 3 is 2.29 bits per heavy atom. The lowest BCUT2D eigenvalue weighted by molar-refractivity contribution is -0.0498. The number of aromatic nitrogens is 1. The van der Waals surface area contributed by atoms with Crippen LogP contribution in [0.2, 0.25) is 0 Å². The minimum absolute atomic E-state index is 0.0610. The lowest BCUT2D eigenvalue weighted by Crippen LogP contribution is -2.14. The molecule has 6 heteroatoms. The molecule has 0 fully saturated rings. The van der Waals surface area contributed by atoms with Crippen molar-refractivity contribution in [1.82, 2.24) is 4.57 Å². The number of benzene rings is 2. The van der Waals surface area contributed by atoms with Crippen molar-refractivity contribution >= 4 is 17.5 Å². The van der Waals surface area contributed by atoms with Gasteiger partial charge in [-0.1, -0.05) is 18.2 Å². The van der Waals surface area contributed by atoms with Crippen LogP contribution in [0.3, 0.4) is 0 Å². The Kier molecular flexibility index (Phi) is 6.19. The van der Waals surface area contributed by atoms with E-state index in [9.17, 15) is 13.6 Å². The van der Waals surface area contributed by atoms with Crippen molar-refractivity contribution in [2.45, 2.75) is 37.5 Å². The van der Waals surface area contributed by atoms with Gasteiger partial charge in [-0.25, -0.2) is 0 Å². The molecule has 0 aliphatic rings. The summed E-state index contributed by atoms with van der Waals surface area (Å²) in [4.78, 5) is 14.1. The summed E-state index contributed by atoms with van der Waals surface area (Å²) in [6.45, 7) is 2.86. The number of hydrogen-bond acceptors (Lipinski definition) is 3. The Morgan fingerprint density at radius 1 is 1.04 bits per heavy atom. The second kappa shape index (κ2) is 8.61. The molecule has 0 saturated carbocycles. The topological polar surface area (TPSA) is 31.2 Å². The predicted molar refractivity (Wildman–Crippen MR) is 108 cm³/mol. The highest BCUT2D eigenvalue weighted by molar-refractivity contribution is 8.00. The van der Waals surface area contributed by atoms with Gasteiger partial charge in [0.1, 0.15) is 5.75 Å². The van der Waals surface area contributed by atoms with Gasteiger partial charge in [0.2, 0.25) is 0 Å². The Hall–Kier alpha value is -2.60. The van der Waals surface area contributed by atoms with Crippen LogP contribution in [0.15, 0.2) is 65.6 Å². The highest BCUT2D eigenvalue weighted by Gasteiger charge is 2.22. The van der Waals surface area contributed by atoms with Gasteiger partial charge in [0.05, 0.1) is 5.25 Å². The maximum absolute atomic E-state index is 13.0. The third-order valence-corrected chi connectivity index (χ3v) is 5.55. The third-order valence-electron chi connectivity index (χ3n) is 4.44. The van der Waals surface area contributed by atoms with Gasteiger partial charge in [-0.05, 0) is 63.2 Å². The Morgan fingerprint density at radius 2 is 1.68 bits per heavy atom. The van der Waals surface area contributed by atoms with E-state index < -0.39 is 6.61 Å². The zero-order chi connectivity index (χ0) is 20.3. The van der Waals surface area contributed by atoms with E-state index in [0.29, 0.717) is 5.56 Å². The molecule has 3 aromatic rings. The molecule has 3 rings (SSSR count). The molecule has 28 heavy (non-hydrogen) atoms. The molecule has 0 N–H and O–H groups in total. The van der Waals surface area contributed by atoms with Gasteiger partial charge >= 0.3 is 6.61 Å². The molecule has 2 aromatic carbocycles. The van der Waals surface area contributed by atoms with Crippen LogP contribution in [0.5, 0.6) is 5.75 Å². The van der Waals surface area contributed by atoms with E-state index in [0.717, 1.165) is 22.0 Å². The van der Waals surface area contributed by atoms with Gasteiger partial charge in [0.25, 0.3) is 0 Å². The zero-order valence-corrected chi connectivity index (χ0v) is 16.7. The fraction of sp³-hybridized carbons (Fsp3) is 0.227. The van der Waals surface area contributed by atoms with Gasteiger partial charge in [0, 0.05) is 27.5 Å². The second-order valence-electron chi connectivity index (χ2n) is 6.43. The molecular formula is C22H21F2NO2S. The summed E-state index contributed by atoms with van der Waals surface area (Å²) in [6.07, 6.45) is 0. The molecular weight excluding hydrogens is 380 g/mol. The molecule has 3 nitrogen and oxygen atoms in total. The number of nitrogens with zero attached hydrogens (tertiary/aromatic N) is 1. The van der Waals surface area contributed by atoms with Crippen LogP contribution in [0.25, 0.3) is 5.69 Å². The van der Waals surface area contributed by atoms with Crippen molar-refractivity contribution in [2.75, 3.05) is 0 Å². The van der Waals surface area contributed by atoms with E-state index in [1.165, 1.54) is 23.9 Å². The maximum atomic E-state index is 13.0. The van der Waals surface area contributed by atoms with Crippen LogP contribution < -0.4 is 4.74 Å². The first kappa shape index (κ1) is 20.1. The van der Waals surface area contributed by atoms with E-state index in [4.69, 9.17) is 0 Å². The van der Waals surface area contributed by atoms with Crippen molar-refractivity contribution in [2.24, 2.45) is 0 Å². The summed E-state index contributed by atoms with van der Waals surface area (Å²) in [6, 6.07) is 18.1. The van der Waals surface area contributed by atoms with Crippen LogP contribution >= 0.6 is 11.8 Å². The highest BCUT2D eigenvalue weighted by atomic mass is 32.2. The lowest BCUT2D eigenvalue weighted by Gasteiger charge is -2.13. The van der Waals surface area contributed by atoms with Gasteiger partial charge in [-0.3, -0.25) is 4.79 Å². The number of rotatable bonds is 7. The quantitative estimate of drug-likeness (QED) is 0.356. The average Bonchev–Trinajstić information content (AvgIpc) is 2.96. The SMILES string of the molecule is Cc1cc(C(=O)C(C)Sc2ccccc2)c(C)n1-c1ccc(OC(F)F)cc1. The molecule has 146 valence electrons. The number of ketones is 1. The first-order valence-corrected chi connectivity index (χ1v) is 9.75. The molecule has 0 amide bonds. The predicted octanol–water partition coefficient (Wildman–Crippen LogP) is 6.06. The molecule has 0 saturated heterocycles. The summed E-state index contributed by atoms with van der Waals surface area (Å²) in [5.74, 6) is 0.163. The first-order valence-electron chi connectivity index (χ1n) is 8.87. The van der Waals surface area contributed by atoms with Crippen molar-refractivity contribution < 1.29 is 18.3 Å². The van der Waals surface area contributed by atoms with E-state index in [1.807, 2.05) is 61.7 Å². The Labute approximate surface area is 167 Å². The first-order chi connectivity index (χ1) is 13.4. The fourth-order valence-corrected chi connectivity index (χ4v) is 4.12. The van der Waals surface area contributed by atoms with Gasteiger partial charge in [-0.15, -0.1) is 11.8 Å². The number of halogens is 2. The van der Waals surface area contributed by atoms with E-state index in [1.54, 1.807) is 12.1 Å². The van der Waals surface area contributed by atoms with Crippen molar-refractivity contribution in [1.29, 1.82) is 0 Å². The number of hydrogen-bond donors (Lipinski definition) is 0. The van der Waals surface area contributed by atoms with E-state index in [2.05, 4.69) is 4.74 Å². The molecule has 0 bridgehead atoms. The average molecular weight is 401 g/mol. The highest BCUT2D eigenvalue weighted by Crippen LogP contribution is 2.29. The number of alkyl halides is 2. The zero-order valence-electron chi connectivity index (χ0n) is 15.9. The van der Waals surface area contributed by atoms with Crippen LogP contribution in [0, 0.1) is 13.8 Å². The number of carbonyl (C=O) groups is 1. The number of thioether (sulfide) groups is 1. The molecule has 0 spiro atoms. The normalized spacial score (nSPS) is 12.2. The van der Waals surface area contributed by atoms with Crippen molar-refractivity contribution in [3.8, 4) is 11.4 Å². The van der Waals surface area contributed by atoms with Gasteiger partial charge in [-0.2, -0.15) is 8.78 Å². The minimum atomic E-state index is -2.85. The summed E-state index contributed by atoms with van der Waals surface area (Å²) in [5, 5.41) is -0.224. The van der Waals surface area contributed by atoms with Gasteiger partial charge < -0.3 is 9.30 Å². The van der Waals surface area contributed by atoms with E-state index in [-0.39, 0.29) is 16.8 Å². The molecule has 1 unspecified atom stereocenters. The third kappa shape index (κ3) is 4.44. The van der Waals surface area contributed by atoms with Crippen LogP contribution in [-0.2, 0) is 0 Å². The monoisotopic (exact) mass is 401 g/mol. The molecule has 0 aliphatic heterocycles. The minimum Gasteiger partial charge on any atom is -0.435 e. The summed E-state index contributed by atoms with van der Waals surface area (Å²) >= 11 is 1.53. The Bertz CT molecular complexity index is 953. The second-order valence-corrected chi connectivity index (χ2v) is 7.84. The lowest BCUT2D eigenvalue weighted by atomic mass is 10.1. The summed E-state index contributed by atoms with van der Waals surface area (Å²) in [7, 11) is 0. The number of ether oxygens (including phenoxy) is 1. The molecule has 1 aromatic heterocycles. The van der Waals surface area contributed by atoms with E-state index >= 15 is 0 Å². The number of aryl methyl sites for hydroxylation is 1. The molecule has 0 radical (unpaired) electrons. The summed E-state index contributed by atoms with van der Waals surface area (Å²) in [5.41, 5.74) is 3.19. The molecule has 0 aliphatic carbocycles. The van der Waals surface area contributed by atoms with Gasteiger partial charge in [0.15, 0.2) is 5.78 Å². The van der Waals surface area contributed by atoms with Crippen LogP contribution in [0.1, 0.15) is 28.7 Å². The van der Waals surface area contributed by atoms with Crippen LogP contribution in [-0.4, -0.2) is 22.2 Å². The van der Waals surface area contributed by atoms with Crippen molar-refractivity contribution in [3.63, 3.8) is 0 Å². The standard InChI is InChI=1S/C22H21F2NO2S/c1-14-13-20(21(26)16(3)28-19-7-5-4-6-8-19)15(2)25(14)17-9-11-18(12-10-17)27-22(23)24/h4-13,16,22H,1-3H3. The van der Waals surface area contributed by atoms with Crippen LogP contribution in [0.4, 0.5) is 8.78 Å². The number of carbonyl (C=O) groups excluding carboxylic acids is 1. The fourth-order valence-electron chi connectivity index (χ4n) is 3.16. The Balaban J connectivity index is 1.84. The number of Topliss-reactive ketones (excluding diaryl/α,β-unsaturated/α-hetero) is 1. The van der Waals surface area contributed by atoms with Crippen molar-refractivity contribution in [3.05, 3.63) is 77.6 Å².